The zero-order valence-electron chi connectivity index (χ0n) is 10.8. The first-order valence-electron chi connectivity index (χ1n) is 6.08. The Kier molecular flexibility index (Phi) is 3.68. The summed E-state index contributed by atoms with van der Waals surface area (Å²) in [5.74, 6) is 1.60. The first-order valence-corrected chi connectivity index (χ1v) is 7.16. The zero-order chi connectivity index (χ0) is 13.9. The van der Waals surface area contributed by atoms with Crippen LogP contribution in [-0.2, 0) is 0 Å². The van der Waals surface area contributed by atoms with Crippen molar-refractivity contribution in [2.24, 2.45) is 0 Å². The number of hydrogen-bond donors (Lipinski definition) is 1. The van der Waals surface area contributed by atoms with Gasteiger partial charge in [0.25, 0.3) is 0 Å². The molecule has 0 aliphatic rings. The minimum Gasteiger partial charge on any atom is -0.497 e. The molecule has 0 radical (unpaired) electrons. The van der Waals surface area contributed by atoms with E-state index in [0.29, 0.717) is 0 Å². The Morgan fingerprint density at radius 2 is 1.95 bits per heavy atom. The van der Waals surface area contributed by atoms with Gasteiger partial charge in [-0.3, -0.25) is 0 Å². The third-order valence-electron chi connectivity index (χ3n) is 2.97. The van der Waals surface area contributed by atoms with Crippen molar-refractivity contribution >= 4 is 45.0 Å². The quantitative estimate of drug-likeness (QED) is 0.702. The standard InChI is InChI=1S/C15H12IN3O/c1-20-10-6-7-12(16)14(8-10)19-15-11-4-2-3-5-13(11)17-9-18-15/h2-9H,1H3,(H,17,18,19). The normalized spacial score (nSPS) is 10.5. The van der Waals surface area contributed by atoms with Crippen LogP contribution in [0.2, 0.25) is 0 Å². The SMILES string of the molecule is COc1ccc(I)c(Nc2ncnc3ccccc23)c1. The van der Waals surface area contributed by atoms with Crippen molar-refractivity contribution in [3.8, 4) is 5.75 Å². The molecule has 0 spiro atoms. The lowest BCUT2D eigenvalue weighted by Crippen LogP contribution is -1.98. The third-order valence-corrected chi connectivity index (χ3v) is 3.91. The second-order valence-corrected chi connectivity index (χ2v) is 5.37. The van der Waals surface area contributed by atoms with Crippen LogP contribution < -0.4 is 10.1 Å². The maximum Gasteiger partial charge on any atom is 0.141 e. The van der Waals surface area contributed by atoms with Crippen molar-refractivity contribution < 1.29 is 4.74 Å². The van der Waals surface area contributed by atoms with Gasteiger partial charge < -0.3 is 10.1 Å². The summed E-state index contributed by atoms with van der Waals surface area (Å²) < 4.78 is 6.36. The fraction of sp³-hybridized carbons (Fsp3) is 0.0667. The zero-order valence-corrected chi connectivity index (χ0v) is 13.0. The van der Waals surface area contributed by atoms with Crippen LogP contribution in [0, 0.1) is 3.57 Å². The van der Waals surface area contributed by atoms with Gasteiger partial charge in [-0.25, -0.2) is 9.97 Å². The highest BCUT2D eigenvalue weighted by atomic mass is 127. The molecule has 0 aliphatic heterocycles. The van der Waals surface area contributed by atoms with Gasteiger partial charge in [-0.15, -0.1) is 0 Å². The molecule has 1 aromatic heterocycles. The molecule has 100 valence electrons. The smallest absolute Gasteiger partial charge is 0.141 e. The fourth-order valence-electron chi connectivity index (χ4n) is 1.96. The lowest BCUT2D eigenvalue weighted by molar-refractivity contribution is 0.415. The molecule has 4 nitrogen and oxygen atoms in total. The monoisotopic (exact) mass is 377 g/mol. The topological polar surface area (TPSA) is 47.0 Å². The van der Waals surface area contributed by atoms with Gasteiger partial charge in [-0.1, -0.05) is 12.1 Å². The summed E-state index contributed by atoms with van der Waals surface area (Å²) in [6.45, 7) is 0. The molecule has 2 aromatic carbocycles. The summed E-state index contributed by atoms with van der Waals surface area (Å²) >= 11 is 2.28. The number of rotatable bonds is 3. The summed E-state index contributed by atoms with van der Waals surface area (Å²) in [6, 6.07) is 13.8. The number of ether oxygens (including phenoxy) is 1. The minimum atomic E-state index is 0.793. The molecule has 3 aromatic rings. The number of fused-ring (bicyclic) bond motifs is 1. The molecule has 0 aliphatic carbocycles. The van der Waals surface area contributed by atoms with E-state index in [2.05, 4.69) is 37.9 Å². The minimum absolute atomic E-state index is 0.793. The van der Waals surface area contributed by atoms with Crippen molar-refractivity contribution in [2.75, 3.05) is 12.4 Å². The van der Waals surface area contributed by atoms with Crippen molar-refractivity contribution in [1.29, 1.82) is 0 Å². The second kappa shape index (κ2) is 5.62. The number of benzene rings is 2. The molecular formula is C15H12IN3O. The molecule has 0 unspecified atom stereocenters. The van der Waals surface area contributed by atoms with Gasteiger partial charge in [0.05, 0.1) is 18.3 Å². The van der Waals surface area contributed by atoms with Crippen molar-refractivity contribution in [3.63, 3.8) is 0 Å². The average Bonchev–Trinajstić information content (AvgIpc) is 2.50. The fourth-order valence-corrected chi connectivity index (χ4v) is 2.43. The molecule has 1 heterocycles. The molecule has 3 rings (SSSR count). The molecule has 20 heavy (non-hydrogen) atoms. The molecule has 5 heteroatoms. The van der Waals surface area contributed by atoms with Crippen LogP contribution in [0.15, 0.2) is 48.8 Å². The van der Waals surface area contributed by atoms with Gasteiger partial charge in [-0.2, -0.15) is 0 Å². The molecule has 0 bridgehead atoms. The summed E-state index contributed by atoms with van der Waals surface area (Å²) in [6.07, 6.45) is 1.57. The molecule has 0 fully saturated rings. The molecule has 0 saturated heterocycles. The number of hydrogen-bond acceptors (Lipinski definition) is 4. The third kappa shape index (κ3) is 2.53. The number of nitrogens with zero attached hydrogens (tertiary/aromatic N) is 2. The Morgan fingerprint density at radius 3 is 2.80 bits per heavy atom. The number of nitrogens with one attached hydrogen (secondary N) is 1. The molecule has 0 amide bonds. The Balaban J connectivity index is 2.05. The van der Waals surface area contributed by atoms with Crippen molar-refractivity contribution in [2.45, 2.75) is 0 Å². The molecule has 1 N–H and O–H groups in total. The average molecular weight is 377 g/mol. The Morgan fingerprint density at radius 1 is 1.10 bits per heavy atom. The number of halogens is 1. The summed E-state index contributed by atoms with van der Waals surface area (Å²) in [4.78, 5) is 8.59. The predicted octanol–water partition coefficient (Wildman–Crippen LogP) is 3.99. The summed E-state index contributed by atoms with van der Waals surface area (Å²) in [7, 11) is 1.66. The van der Waals surface area contributed by atoms with E-state index in [1.807, 2.05) is 42.5 Å². The van der Waals surface area contributed by atoms with Gasteiger partial charge in [0.2, 0.25) is 0 Å². The lowest BCUT2D eigenvalue weighted by atomic mass is 10.2. The molecular weight excluding hydrogens is 365 g/mol. The number of aromatic nitrogens is 2. The first-order chi connectivity index (χ1) is 9.78. The number of anilines is 2. The maximum absolute atomic E-state index is 5.26. The van der Waals surface area contributed by atoms with E-state index < -0.39 is 0 Å². The molecule has 0 atom stereocenters. The summed E-state index contributed by atoms with van der Waals surface area (Å²) in [5, 5.41) is 4.35. The van der Waals surface area contributed by atoms with E-state index in [1.54, 1.807) is 13.4 Å². The first kappa shape index (κ1) is 13.1. The Bertz CT molecular complexity index is 756. The highest BCUT2D eigenvalue weighted by Crippen LogP contribution is 2.28. The van der Waals surface area contributed by atoms with Gasteiger partial charge in [-0.05, 0) is 46.9 Å². The Labute approximate surface area is 130 Å². The van der Waals surface area contributed by atoms with E-state index in [0.717, 1.165) is 31.7 Å². The van der Waals surface area contributed by atoms with Crippen LogP contribution in [0.4, 0.5) is 11.5 Å². The van der Waals surface area contributed by atoms with E-state index in [9.17, 15) is 0 Å². The van der Waals surface area contributed by atoms with Gasteiger partial charge in [0.15, 0.2) is 0 Å². The number of methoxy groups -OCH3 is 1. The molecule has 0 saturated carbocycles. The van der Waals surface area contributed by atoms with Crippen LogP contribution >= 0.6 is 22.6 Å². The highest BCUT2D eigenvalue weighted by molar-refractivity contribution is 14.1. The van der Waals surface area contributed by atoms with Crippen LogP contribution in [0.3, 0.4) is 0 Å². The largest absolute Gasteiger partial charge is 0.497 e. The predicted molar refractivity (Wildman–Crippen MR) is 88.5 cm³/mol. The van der Waals surface area contributed by atoms with Gasteiger partial charge in [0, 0.05) is 15.0 Å². The van der Waals surface area contributed by atoms with E-state index in [1.165, 1.54) is 0 Å². The van der Waals surface area contributed by atoms with Crippen LogP contribution in [-0.4, -0.2) is 17.1 Å². The number of para-hydroxylation sites is 1. The van der Waals surface area contributed by atoms with E-state index in [4.69, 9.17) is 4.74 Å². The van der Waals surface area contributed by atoms with E-state index >= 15 is 0 Å². The van der Waals surface area contributed by atoms with Crippen molar-refractivity contribution in [3.05, 3.63) is 52.4 Å². The lowest BCUT2D eigenvalue weighted by Gasteiger charge is -2.11. The van der Waals surface area contributed by atoms with Crippen LogP contribution in [0.25, 0.3) is 10.9 Å². The Hall–Kier alpha value is -1.89. The maximum atomic E-state index is 5.26. The summed E-state index contributed by atoms with van der Waals surface area (Å²) in [5.41, 5.74) is 1.89. The van der Waals surface area contributed by atoms with Crippen molar-refractivity contribution in [1.82, 2.24) is 9.97 Å². The van der Waals surface area contributed by atoms with Crippen LogP contribution in [0.5, 0.6) is 5.75 Å². The van der Waals surface area contributed by atoms with Gasteiger partial charge in [0.1, 0.15) is 17.9 Å². The van der Waals surface area contributed by atoms with E-state index in [-0.39, 0.29) is 0 Å². The van der Waals surface area contributed by atoms with Gasteiger partial charge >= 0.3 is 0 Å². The highest BCUT2D eigenvalue weighted by Gasteiger charge is 2.06. The van der Waals surface area contributed by atoms with Crippen LogP contribution in [0.1, 0.15) is 0 Å². The second-order valence-electron chi connectivity index (χ2n) is 4.21.